The van der Waals surface area contributed by atoms with Crippen molar-refractivity contribution in [3.8, 4) is 11.4 Å². The number of Topliss-reactive ketones (excluding diaryl/α,β-unsaturated/α-hetero) is 1. The Bertz CT molecular complexity index is 718. The smallest absolute Gasteiger partial charge is 0.161 e. The average Bonchev–Trinajstić information content (AvgIpc) is 2.55. The second-order valence-corrected chi connectivity index (χ2v) is 6.26. The molecule has 1 saturated heterocycles. The number of benzene rings is 1. The average molecular weight is 330 g/mol. The van der Waals surface area contributed by atoms with Gasteiger partial charge in [-0.15, -0.1) is 0 Å². The Labute approximate surface area is 141 Å². The summed E-state index contributed by atoms with van der Waals surface area (Å²) in [6, 6.07) is 7.57. The number of carbonyl (C=O) groups excluding carboxylic acids is 1. The zero-order valence-corrected chi connectivity index (χ0v) is 14.2. The number of anilines is 1. The van der Waals surface area contributed by atoms with Gasteiger partial charge < -0.3 is 4.90 Å². The molecular weight excluding hydrogens is 310 g/mol. The van der Waals surface area contributed by atoms with Gasteiger partial charge >= 0.3 is 0 Å². The van der Waals surface area contributed by atoms with Gasteiger partial charge in [0.15, 0.2) is 5.82 Å². The van der Waals surface area contributed by atoms with E-state index in [4.69, 9.17) is 16.6 Å². The molecule has 0 saturated carbocycles. The van der Waals surface area contributed by atoms with E-state index in [9.17, 15) is 4.79 Å². The van der Waals surface area contributed by atoms with Gasteiger partial charge in [-0.25, -0.2) is 9.97 Å². The van der Waals surface area contributed by atoms with Crippen molar-refractivity contribution >= 4 is 23.2 Å². The molecule has 0 bridgehead atoms. The van der Waals surface area contributed by atoms with Gasteiger partial charge in [-0.2, -0.15) is 0 Å². The largest absolute Gasteiger partial charge is 0.355 e. The lowest BCUT2D eigenvalue weighted by atomic mass is 10.1. The van der Waals surface area contributed by atoms with Crippen molar-refractivity contribution in [1.29, 1.82) is 0 Å². The Morgan fingerprint density at radius 3 is 2.39 bits per heavy atom. The molecule has 1 aliphatic rings. The highest BCUT2D eigenvalue weighted by Crippen LogP contribution is 2.27. The van der Waals surface area contributed by atoms with Crippen LogP contribution in [0.3, 0.4) is 0 Å². The fourth-order valence-corrected chi connectivity index (χ4v) is 3.08. The zero-order valence-electron chi connectivity index (χ0n) is 13.5. The molecule has 2 aromatic rings. The van der Waals surface area contributed by atoms with Gasteiger partial charge in [-0.3, -0.25) is 4.79 Å². The lowest BCUT2D eigenvalue weighted by Crippen LogP contribution is -2.35. The fraction of sp³-hybridized carbons (Fsp3) is 0.389. The summed E-state index contributed by atoms with van der Waals surface area (Å²) in [6.07, 6.45) is 2.08. The number of carbonyl (C=O) groups is 1. The molecule has 23 heavy (non-hydrogen) atoms. The second kappa shape index (κ2) is 6.67. The summed E-state index contributed by atoms with van der Waals surface area (Å²) >= 11 is 5.96. The number of hydrogen-bond donors (Lipinski definition) is 0. The molecule has 1 aromatic heterocycles. The summed E-state index contributed by atoms with van der Waals surface area (Å²) in [4.78, 5) is 23.2. The molecule has 120 valence electrons. The molecule has 0 unspecified atom stereocenters. The first kappa shape index (κ1) is 15.9. The first-order chi connectivity index (χ1) is 11.1. The Morgan fingerprint density at radius 2 is 1.78 bits per heavy atom. The van der Waals surface area contributed by atoms with E-state index in [0.29, 0.717) is 29.5 Å². The monoisotopic (exact) mass is 329 g/mol. The van der Waals surface area contributed by atoms with Crippen LogP contribution in [-0.4, -0.2) is 28.8 Å². The van der Waals surface area contributed by atoms with E-state index in [1.165, 1.54) is 0 Å². The minimum atomic E-state index is 0.336. The minimum Gasteiger partial charge on any atom is -0.355 e. The highest BCUT2D eigenvalue weighted by atomic mass is 35.5. The lowest BCUT2D eigenvalue weighted by Gasteiger charge is -2.29. The van der Waals surface area contributed by atoms with Crippen LogP contribution in [0.15, 0.2) is 24.3 Å². The quantitative estimate of drug-likeness (QED) is 0.858. The van der Waals surface area contributed by atoms with Crippen LogP contribution in [0.2, 0.25) is 5.02 Å². The maximum absolute atomic E-state index is 11.5. The van der Waals surface area contributed by atoms with Crippen LogP contribution in [0.4, 0.5) is 5.82 Å². The normalized spacial score (nSPS) is 15.1. The Kier molecular flexibility index (Phi) is 4.62. The first-order valence-corrected chi connectivity index (χ1v) is 8.36. The summed E-state index contributed by atoms with van der Waals surface area (Å²) in [7, 11) is 0. The summed E-state index contributed by atoms with van der Waals surface area (Å²) in [5, 5.41) is 0.699. The third kappa shape index (κ3) is 3.37. The van der Waals surface area contributed by atoms with E-state index < -0.39 is 0 Å². The van der Waals surface area contributed by atoms with Crippen LogP contribution in [0.1, 0.15) is 31.0 Å². The van der Waals surface area contributed by atoms with Crippen molar-refractivity contribution in [2.24, 2.45) is 0 Å². The van der Waals surface area contributed by atoms with Crippen LogP contribution in [0.5, 0.6) is 0 Å². The fourth-order valence-electron chi connectivity index (χ4n) is 2.95. The van der Waals surface area contributed by atoms with Crippen LogP contribution in [-0.2, 0) is 11.2 Å². The van der Waals surface area contributed by atoms with E-state index >= 15 is 0 Å². The summed E-state index contributed by atoms with van der Waals surface area (Å²) in [6.45, 7) is 5.62. The van der Waals surface area contributed by atoms with Crippen LogP contribution >= 0.6 is 11.6 Å². The molecule has 1 aromatic carbocycles. The van der Waals surface area contributed by atoms with Gasteiger partial charge in [0.25, 0.3) is 0 Å². The Hall–Kier alpha value is -1.94. The number of piperidine rings is 1. The molecular formula is C18H20ClN3O. The summed E-state index contributed by atoms with van der Waals surface area (Å²) in [5.41, 5.74) is 3.12. The van der Waals surface area contributed by atoms with Gasteiger partial charge in [0.05, 0.1) is 0 Å². The molecule has 4 nitrogen and oxygen atoms in total. The topological polar surface area (TPSA) is 46.1 Å². The SMILES string of the molecule is CCc1c(C)nc(-c2ccc(Cl)cc2)nc1N1CCC(=O)CC1. The van der Waals surface area contributed by atoms with E-state index in [0.717, 1.165) is 42.1 Å². The predicted molar refractivity (Wildman–Crippen MR) is 93.0 cm³/mol. The number of aromatic nitrogens is 2. The molecule has 0 amide bonds. The van der Waals surface area contributed by atoms with Crippen molar-refractivity contribution in [3.63, 3.8) is 0 Å². The Balaban J connectivity index is 2.03. The summed E-state index contributed by atoms with van der Waals surface area (Å²) in [5.74, 6) is 2.02. The molecule has 0 N–H and O–H groups in total. The van der Waals surface area contributed by atoms with Crippen LogP contribution < -0.4 is 4.90 Å². The molecule has 3 rings (SSSR count). The maximum atomic E-state index is 11.5. The van der Waals surface area contributed by atoms with Gasteiger partial charge in [-0.05, 0) is 37.6 Å². The molecule has 5 heteroatoms. The van der Waals surface area contributed by atoms with Crippen molar-refractivity contribution in [3.05, 3.63) is 40.5 Å². The highest BCUT2D eigenvalue weighted by molar-refractivity contribution is 6.30. The number of rotatable bonds is 3. The second-order valence-electron chi connectivity index (χ2n) is 5.82. The third-order valence-electron chi connectivity index (χ3n) is 4.27. The first-order valence-electron chi connectivity index (χ1n) is 7.98. The standard InChI is InChI=1S/C18H20ClN3O/c1-3-16-12(2)20-17(13-4-6-14(19)7-5-13)21-18(16)22-10-8-15(23)9-11-22/h4-7H,3,8-11H2,1-2H3. The number of hydrogen-bond acceptors (Lipinski definition) is 4. The highest BCUT2D eigenvalue weighted by Gasteiger charge is 2.22. The molecule has 0 radical (unpaired) electrons. The van der Waals surface area contributed by atoms with Crippen molar-refractivity contribution in [1.82, 2.24) is 9.97 Å². The molecule has 2 heterocycles. The van der Waals surface area contributed by atoms with E-state index in [-0.39, 0.29) is 0 Å². The molecule has 1 fully saturated rings. The number of nitrogens with zero attached hydrogens (tertiary/aromatic N) is 3. The maximum Gasteiger partial charge on any atom is 0.161 e. The molecule has 0 atom stereocenters. The number of aryl methyl sites for hydroxylation is 1. The molecule has 0 aliphatic carbocycles. The van der Waals surface area contributed by atoms with E-state index in [1.807, 2.05) is 31.2 Å². The number of halogens is 1. The van der Waals surface area contributed by atoms with Crippen molar-refractivity contribution in [2.75, 3.05) is 18.0 Å². The van der Waals surface area contributed by atoms with Crippen molar-refractivity contribution in [2.45, 2.75) is 33.1 Å². The molecule has 0 spiro atoms. The van der Waals surface area contributed by atoms with Gasteiger partial charge in [0, 0.05) is 47.8 Å². The number of ketones is 1. The summed E-state index contributed by atoms with van der Waals surface area (Å²) < 4.78 is 0. The zero-order chi connectivity index (χ0) is 16.4. The molecule has 1 aliphatic heterocycles. The van der Waals surface area contributed by atoms with E-state index in [1.54, 1.807) is 0 Å². The lowest BCUT2D eigenvalue weighted by molar-refractivity contribution is -0.119. The van der Waals surface area contributed by atoms with Crippen molar-refractivity contribution < 1.29 is 4.79 Å². The van der Waals surface area contributed by atoms with E-state index in [2.05, 4.69) is 16.8 Å². The van der Waals surface area contributed by atoms with Gasteiger partial charge in [0.1, 0.15) is 11.6 Å². The third-order valence-corrected chi connectivity index (χ3v) is 4.52. The Morgan fingerprint density at radius 1 is 1.13 bits per heavy atom. The van der Waals surface area contributed by atoms with Gasteiger partial charge in [-0.1, -0.05) is 18.5 Å². The van der Waals surface area contributed by atoms with Gasteiger partial charge in [0.2, 0.25) is 0 Å². The minimum absolute atomic E-state index is 0.336. The predicted octanol–water partition coefficient (Wildman–Crippen LogP) is 3.84. The van der Waals surface area contributed by atoms with Crippen LogP contribution in [0.25, 0.3) is 11.4 Å². The van der Waals surface area contributed by atoms with Crippen LogP contribution in [0, 0.1) is 6.92 Å².